The highest BCUT2D eigenvalue weighted by atomic mass is 16.5. The minimum Gasteiger partial charge on any atom is -0.396 e. The number of nitrogens with zero attached hydrogens (tertiary/aromatic N) is 2. The van der Waals surface area contributed by atoms with Gasteiger partial charge in [-0.1, -0.05) is 30.3 Å². The predicted molar refractivity (Wildman–Crippen MR) is 83.1 cm³/mol. The second-order valence-corrected chi connectivity index (χ2v) is 6.12. The first-order chi connectivity index (χ1) is 10.4. The molecule has 2 saturated heterocycles. The van der Waals surface area contributed by atoms with Gasteiger partial charge in [0.2, 0.25) is 0 Å². The Morgan fingerprint density at radius 3 is 2.81 bits per heavy atom. The number of morpholine rings is 1. The van der Waals surface area contributed by atoms with Crippen LogP contribution in [0.25, 0.3) is 0 Å². The summed E-state index contributed by atoms with van der Waals surface area (Å²) in [7, 11) is 0. The summed E-state index contributed by atoms with van der Waals surface area (Å²) in [5.41, 5.74) is 1.39. The second kappa shape index (κ2) is 7.36. The Balaban J connectivity index is 1.56. The summed E-state index contributed by atoms with van der Waals surface area (Å²) in [6.07, 6.45) is 2.34. The van der Waals surface area contributed by atoms with Gasteiger partial charge in [-0.3, -0.25) is 9.80 Å². The van der Waals surface area contributed by atoms with E-state index >= 15 is 0 Å². The van der Waals surface area contributed by atoms with Crippen LogP contribution in [0.5, 0.6) is 0 Å². The Bertz CT molecular complexity index is 426. The Hall–Kier alpha value is -0.940. The Kier molecular flexibility index (Phi) is 5.25. The maximum absolute atomic E-state index is 8.90. The number of unbranched alkanes of at least 4 members (excludes halogenated alkanes) is 1. The summed E-state index contributed by atoms with van der Waals surface area (Å²) < 4.78 is 5.97. The number of benzene rings is 1. The fraction of sp³-hybridized carbons (Fsp3) is 0.647. The number of aliphatic hydroxyl groups excluding tert-OH is 1. The molecule has 3 rings (SSSR count). The molecule has 2 atom stereocenters. The molecule has 1 N–H and O–H groups in total. The van der Waals surface area contributed by atoms with Crippen molar-refractivity contribution in [2.75, 3.05) is 39.4 Å². The molecule has 0 saturated carbocycles. The number of aliphatic hydroxyl groups is 1. The lowest BCUT2D eigenvalue weighted by atomic mass is 10.1. The zero-order chi connectivity index (χ0) is 14.5. The SMILES string of the molecule is OCCCCN1CC2OCCN(Cc3ccccc3)C2C1. The number of ether oxygens (including phenoxy) is 1. The third kappa shape index (κ3) is 3.83. The van der Waals surface area contributed by atoms with Crippen molar-refractivity contribution in [3.8, 4) is 0 Å². The van der Waals surface area contributed by atoms with Crippen LogP contribution in [0.1, 0.15) is 18.4 Å². The highest BCUT2D eigenvalue weighted by Gasteiger charge is 2.39. The lowest BCUT2D eigenvalue weighted by Gasteiger charge is -2.37. The maximum Gasteiger partial charge on any atom is 0.0870 e. The van der Waals surface area contributed by atoms with Crippen molar-refractivity contribution in [2.24, 2.45) is 0 Å². The van der Waals surface area contributed by atoms with Crippen LogP contribution in [0.15, 0.2) is 30.3 Å². The first-order valence-corrected chi connectivity index (χ1v) is 8.09. The van der Waals surface area contributed by atoms with Crippen molar-refractivity contribution in [3.05, 3.63) is 35.9 Å². The van der Waals surface area contributed by atoms with E-state index in [4.69, 9.17) is 9.84 Å². The monoisotopic (exact) mass is 290 g/mol. The van der Waals surface area contributed by atoms with E-state index < -0.39 is 0 Å². The van der Waals surface area contributed by atoms with E-state index in [-0.39, 0.29) is 0 Å². The zero-order valence-electron chi connectivity index (χ0n) is 12.7. The number of hydrogen-bond donors (Lipinski definition) is 1. The van der Waals surface area contributed by atoms with Crippen LogP contribution in [-0.2, 0) is 11.3 Å². The van der Waals surface area contributed by atoms with Gasteiger partial charge in [-0.05, 0) is 24.9 Å². The molecule has 0 bridgehead atoms. The van der Waals surface area contributed by atoms with E-state index in [0.717, 1.165) is 52.2 Å². The van der Waals surface area contributed by atoms with Gasteiger partial charge in [-0.2, -0.15) is 0 Å². The van der Waals surface area contributed by atoms with Crippen molar-refractivity contribution >= 4 is 0 Å². The lowest BCUT2D eigenvalue weighted by Crippen LogP contribution is -2.50. The number of likely N-dealkylation sites (tertiary alicyclic amines) is 1. The van der Waals surface area contributed by atoms with Crippen molar-refractivity contribution in [1.82, 2.24) is 9.80 Å². The Labute approximate surface area is 127 Å². The van der Waals surface area contributed by atoms with Crippen LogP contribution < -0.4 is 0 Å². The van der Waals surface area contributed by atoms with Gasteiger partial charge < -0.3 is 9.84 Å². The normalized spacial score (nSPS) is 26.9. The largest absolute Gasteiger partial charge is 0.396 e. The van der Waals surface area contributed by atoms with E-state index in [2.05, 4.69) is 40.1 Å². The number of fused-ring (bicyclic) bond motifs is 1. The van der Waals surface area contributed by atoms with Crippen LogP contribution >= 0.6 is 0 Å². The quantitative estimate of drug-likeness (QED) is 0.802. The van der Waals surface area contributed by atoms with Crippen LogP contribution in [0.2, 0.25) is 0 Å². The van der Waals surface area contributed by atoms with E-state index in [9.17, 15) is 0 Å². The minimum absolute atomic E-state index is 0.303. The molecule has 0 spiro atoms. The molecule has 2 fully saturated rings. The first kappa shape index (κ1) is 15.0. The molecule has 2 aliphatic heterocycles. The van der Waals surface area contributed by atoms with Crippen molar-refractivity contribution in [2.45, 2.75) is 31.5 Å². The second-order valence-electron chi connectivity index (χ2n) is 6.12. The molecular weight excluding hydrogens is 264 g/mol. The van der Waals surface area contributed by atoms with Gasteiger partial charge in [-0.15, -0.1) is 0 Å². The Morgan fingerprint density at radius 2 is 2.00 bits per heavy atom. The Morgan fingerprint density at radius 1 is 1.14 bits per heavy atom. The van der Waals surface area contributed by atoms with E-state index in [1.807, 2.05) is 0 Å². The van der Waals surface area contributed by atoms with Crippen LogP contribution in [-0.4, -0.2) is 66.4 Å². The van der Waals surface area contributed by atoms with Crippen LogP contribution in [0, 0.1) is 0 Å². The zero-order valence-corrected chi connectivity index (χ0v) is 12.7. The highest BCUT2D eigenvalue weighted by molar-refractivity contribution is 5.15. The molecule has 116 valence electrons. The molecule has 2 heterocycles. The van der Waals surface area contributed by atoms with E-state index in [0.29, 0.717) is 18.8 Å². The minimum atomic E-state index is 0.303. The summed E-state index contributed by atoms with van der Waals surface area (Å²) in [4.78, 5) is 5.07. The van der Waals surface area contributed by atoms with Crippen LogP contribution in [0.3, 0.4) is 0 Å². The molecule has 0 radical (unpaired) electrons. The van der Waals surface area contributed by atoms with Gasteiger partial charge in [0, 0.05) is 32.8 Å². The molecule has 4 heteroatoms. The van der Waals surface area contributed by atoms with Gasteiger partial charge >= 0.3 is 0 Å². The summed E-state index contributed by atoms with van der Waals surface area (Å²) in [5, 5.41) is 8.90. The molecular formula is C17H26N2O2. The van der Waals surface area contributed by atoms with Gasteiger partial charge in [-0.25, -0.2) is 0 Å². The van der Waals surface area contributed by atoms with Gasteiger partial charge in [0.1, 0.15) is 0 Å². The highest BCUT2D eigenvalue weighted by Crippen LogP contribution is 2.24. The summed E-state index contributed by atoms with van der Waals surface area (Å²) >= 11 is 0. The molecule has 4 nitrogen and oxygen atoms in total. The average Bonchev–Trinajstić information content (AvgIpc) is 2.93. The van der Waals surface area contributed by atoms with Crippen LogP contribution in [0.4, 0.5) is 0 Å². The lowest BCUT2D eigenvalue weighted by molar-refractivity contribution is -0.0504. The molecule has 1 aromatic carbocycles. The molecule has 21 heavy (non-hydrogen) atoms. The maximum atomic E-state index is 8.90. The predicted octanol–water partition coefficient (Wildman–Crippen LogP) is 1.34. The third-order valence-corrected chi connectivity index (χ3v) is 4.60. The third-order valence-electron chi connectivity index (χ3n) is 4.60. The molecule has 0 aliphatic carbocycles. The summed E-state index contributed by atoms with van der Waals surface area (Å²) in [6, 6.07) is 11.2. The molecule has 1 aromatic rings. The fourth-order valence-electron chi connectivity index (χ4n) is 3.48. The summed E-state index contributed by atoms with van der Waals surface area (Å²) in [5.74, 6) is 0. The molecule has 0 aromatic heterocycles. The topological polar surface area (TPSA) is 35.9 Å². The fourth-order valence-corrected chi connectivity index (χ4v) is 3.48. The van der Waals surface area contributed by atoms with Gasteiger partial charge in [0.15, 0.2) is 0 Å². The van der Waals surface area contributed by atoms with E-state index in [1.165, 1.54) is 5.56 Å². The van der Waals surface area contributed by atoms with Gasteiger partial charge in [0.25, 0.3) is 0 Å². The van der Waals surface area contributed by atoms with Crippen molar-refractivity contribution < 1.29 is 9.84 Å². The number of rotatable bonds is 6. The van der Waals surface area contributed by atoms with Gasteiger partial charge in [0.05, 0.1) is 18.8 Å². The van der Waals surface area contributed by atoms with Crippen molar-refractivity contribution in [1.29, 1.82) is 0 Å². The summed E-state index contributed by atoms with van der Waals surface area (Å²) in [6.45, 7) is 6.42. The average molecular weight is 290 g/mol. The smallest absolute Gasteiger partial charge is 0.0870 e. The molecule has 0 amide bonds. The number of hydrogen-bond acceptors (Lipinski definition) is 4. The first-order valence-electron chi connectivity index (χ1n) is 8.09. The standard InChI is InChI=1S/C17H26N2O2/c20-10-5-4-8-18-13-16-17(14-18)21-11-9-19(16)12-15-6-2-1-3-7-15/h1-3,6-7,16-17,20H,4-5,8-14H2. The molecule has 2 unspecified atom stereocenters. The van der Waals surface area contributed by atoms with E-state index in [1.54, 1.807) is 0 Å². The van der Waals surface area contributed by atoms with Crippen molar-refractivity contribution in [3.63, 3.8) is 0 Å². The molecule has 2 aliphatic rings.